The second-order valence-corrected chi connectivity index (χ2v) is 5.76. The first-order valence-electron chi connectivity index (χ1n) is 8.44. The maximum Gasteiger partial charge on any atom is 0.283 e. The Hall–Kier alpha value is -3.10. The molecule has 2 N–H and O–H groups in total. The van der Waals surface area contributed by atoms with E-state index in [9.17, 15) is 9.59 Å². The Labute approximate surface area is 150 Å². The van der Waals surface area contributed by atoms with Gasteiger partial charge in [0.05, 0.1) is 0 Å². The number of para-hydroxylation sites is 2. The van der Waals surface area contributed by atoms with E-state index in [2.05, 4.69) is 21.0 Å². The molecule has 2 amide bonds. The lowest BCUT2D eigenvalue weighted by molar-refractivity contribution is -0.135. The lowest BCUT2D eigenvalue weighted by Gasteiger charge is -2.25. The summed E-state index contributed by atoms with van der Waals surface area (Å²) in [6, 6.07) is 7.07. The highest BCUT2D eigenvalue weighted by Gasteiger charge is 2.27. The van der Waals surface area contributed by atoms with Gasteiger partial charge < -0.3 is 14.0 Å². The SMILES string of the molecule is CCCc1noc(CCC(=O)NNC(=O)C2COc3ccccc3O2)n1. The first-order chi connectivity index (χ1) is 12.7. The van der Waals surface area contributed by atoms with Gasteiger partial charge in [0.15, 0.2) is 17.3 Å². The number of aromatic nitrogens is 2. The highest BCUT2D eigenvalue weighted by Crippen LogP contribution is 2.30. The lowest BCUT2D eigenvalue weighted by atomic mass is 10.2. The number of fused-ring (bicyclic) bond motifs is 1. The molecule has 0 fully saturated rings. The fourth-order valence-electron chi connectivity index (χ4n) is 2.36. The fraction of sp³-hybridized carbons (Fsp3) is 0.412. The third kappa shape index (κ3) is 4.50. The molecule has 138 valence electrons. The molecule has 2 heterocycles. The van der Waals surface area contributed by atoms with Crippen molar-refractivity contribution < 1.29 is 23.6 Å². The molecule has 26 heavy (non-hydrogen) atoms. The van der Waals surface area contributed by atoms with Crippen LogP contribution in [0.5, 0.6) is 11.5 Å². The van der Waals surface area contributed by atoms with Gasteiger partial charge in [0.25, 0.3) is 5.91 Å². The smallest absolute Gasteiger partial charge is 0.283 e. The van der Waals surface area contributed by atoms with Crippen LogP contribution in [0.2, 0.25) is 0 Å². The number of amides is 2. The van der Waals surface area contributed by atoms with Crippen LogP contribution in [0.3, 0.4) is 0 Å². The summed E-state index contributed by atoms with van der Waals surface area (Å²) >= 11 is 0. The number of hydrogen-bond donors (Lipinski definition) is 2. The van der Waals surface area contributed by atoms with E-state index in [-0.39, 0.29) is 18.9 Å². The summed E-state index contributed by atoms with van der Waals surface area (Å²) in [5.41, 5.74) is 4.68. The van der Waals surface area contributed by atoms with Crippen LogP contribution in [-0.4, -0.2) is 34.7 Å². The number of hydrogen-bond acceptors (Lipinski definition) is 7. The Bertz CT molecular complexity index is 776. The van der Waals surface area contributed by atoms with Crippen molar-refractivity contribution in [3.05, 3.63) is 36.0 Å². The van der Waals surface area contributed by atoms with E-state index >= 15 is 0 Å². The van der Waals surface area contributed by atoms with E-state index in [4.69, 9.17) is 14.0 Å². The summed E-state index contributed by atoms with van der Waals surface area (Å²) in [4.78, 5) is 28.1. The van der Waals surface area contributed by atoms with E-state index in [1.165, 1.54) is 0 Å². The first kappa shape index (κ1) is 17.7. The summed E-state index contributed by atoms with van der Waals surface area (Å²) in [5, 5.41) is 3.82. The fourth-order valence-corrected chi connectivity index (χ4v) is 2.36. The molecule has 1 aromatic heterocycles. The molecule has 0 saturated heterocycles. The van der Waals surface area contributed by atoms with E-state index in [1.54, 1.807) is 18.2 Å². The topological polar surface area (TPSA) is 116 Å². The van der Waals surface area contributed by atoms with Gasteiger partial charge in [-0.05, 0) is 18.6 Å². The minimum absolute atomic E-state index is 0.0703. The summed E-state index contributed by atoms with van der Waals surface area (Å²) < 4.78 is 16.1. The van der Waals surface area contributed by atoms with E-state index in [1.807, 2.05) is 13.0 Å². The minimum Gasteiger partial charge on any atom is -0.485 e. The molecular weight excluding hydrogens is 340 g/mol. The zero-order valence-corrected chi connectivity index (χ0v) is 14.4. The number of carbonyl (C=O) groups excluding carboxylic acids is 2. The van der Waals surface area contributed by atoms with Crippen LogP contribution in [0.1, 0.15) is 31.5 Å². The molecule has 9 heteroatoms. The van der Waals surface area contributed by atoms with Crippen LogP contribution in [-0.2, 0) is 22.4 Å². The van der Waals surface area contributed by atoms with Crippen molar-refractivity contribution >= 4 is 11.8 Å². The number of nitrogens with one attached hydrogen (secondary N) is 2. The van der Waals surface area contributed by atoms with Gasteiger partial charge in [-0.3, -0.25) is 20.4 Å². The van der Waals surface area contributed by atoms with Crippen LogP contribution in [0, 0.1) is 0 Å². The monoisotopic (exact) mass is 360 g/mol. The Morgan fingerprint density at radius 3 is 2.81 bits per heavy atom. The van der Waals surface area contributed by atoms with Crippen LogP contribution in [0.4, 0.5) is 0 Å². The van der Waals surface area contributed by atoms with Crippen molar-refractivity contribution in [2.24, 2.45) is 0 Å². The maximum absolute atomic E-state index is 12.1. The maximum atomic E-state index is 12.1. The molecular formula is C17H20N4O5. The number of nitrogens with zero attached hydrogens (tertiary/aromatic N) is 2. The van der Waals surface area contributed by atoms with Crippen LogP contribution in [0.15, 0.2) is 28.8 Å². The number of ether oxygens (including phenoxy) is 2. The first-order valence-corrected chi connectivity index (χ1v) is 8.44. The molecule has 1 aliphatic rings. The van der Waals surface area contributed by atoms with Gasteiger partial charge >= 0.3 is 0 Å². The van der Waals surface area contributed by atoms with Crippen LogP contribution in [0.25, 0.3) is 0 Å². The molecule has 0 aliphatic carbocycles. The number of aryl methyl sites for hydroxylation is 2. The van der Waals surface area contributed by atoms with E-state index < -0.39 is 12.0 Å². The van der Waals surface area contributed by atoms with Gasteiger partial charge in [-0.1, -0.05) is 24.2 Å². The summed E-state index contributed by atoms with van der Waals surface area (Å²) in [6.45, 7) is 2.09. The Morgan fingerprint density at radius 1 is 1.19 bits per heavy atom. The average Bonchev–Trinajstić information content (AvgIpc) is 3.12. The Kier molecular flexibility index (Phi) is 5.67. The number of hydrazine groups is 1. The van der Waals surface area contributed by atoms with Gasteiger partial charge in [0.1, 0.15) is 6.61 Å². The second kappa shape index (κ2) is 8.32. The van der Waals surface area contributed by atoms with Crippen molar-refractivity contribution in [2.45, 2.75) is 38.7 Å². The zero-order chi connectivity index (χ0) is 18.4. The molecule has 3 rings (SSSR count). The quantitative estimate of drug-likeness (QED) is 0.737. The molecule has 0 radical (unpaired) electrons. The summed E-state index contributed by atoms with van der Waals surface area (Å²) in [7, 11) is 0. The number of carbonyl (C=O) groups is 2. The average molecular weight is 360 g/mol. The largest absolute Gasteiger partial charge is 0.485 e. The lowest BCUT2D eigenvalue weighted by Crippen LogP contribution is -2.50. The third-order valence-corrected chi connectivity index (χ3v) is 3.68. The highest BCUT2D eigenvalue weighted by molar-refractivity contribution is 5.85. The molecule has 0 bridgehead atoms. The molecule has 1 aromatic carbocycles. The Balaban J connectivity index is 1.40. The van der Waals surface area contributed by atoms with Crippen molar-refractivity contribution in [1.82, 2.24) is 21.0 Å². The van der Waals surface area contributed by atoms with Crippen LogP contribution < -0.4 is 20.3 Å². The molecule has 0 spiro atoms. The highest BCUT2D eigenvalue weighted by atomic mass is 16.6. The zero-order valence-electron chi connectivity index (χ0n) is 14.4. The molecule has 1 unspecified atom stereocenters. The van der Waals surface area contributed by atoms with Crippen molar-refractivity contribution in [1.29, 1.82) is 0 Å². The minimum atomic E-state index is -0.835. The summed E-state index contributed by atoms with van der Waals surface area (Å²) in [5.74, 6) is 1.25. The predicted octanol–water partition coefficient (Wildman–Crippen LogP) is 0.942. The van der Waals surface area contributed by atoms with Crippen molar-refractivity contribution in [2.75, 3.05) is 6.61 Å². The molecule has 2 aromatic rings. The normalized spacial score (nSPS) is 15.3. The molecule has 1 aliphatic heterocycles. The van der Waals surface area contributed by atoms with E-state index in [0.29, 0.717) is 29.6 Å². The van der Waals surface area contributed by atoms with Crippen molar-refractivity contribution in [3.8, 4) is 11.5 Å². The summed E-state index contributed by atoms with van der Waals surface area (Å²) in [6.07, 6.45) is 1.23. The predicted molar refractivity (Wildman–Crippen MR) is 89.3 cm³/mol. The van der Waals surface area contributed by atoms with Gasteiger partial charge in [-0.15, -0.1) is 0 Å². The standard InChI is InChI=1S/C17H20N4O5/c1-2-5-14-18-16(26-21-14)9-8-15(22)19-20-17(23)13-10-24-11-6-3-4-7-12(11)25-13/h3-4,6-7,13H,2,5,8-10H2,1H3,(H,19,22)(H,20,23). The van der Waals surface area contributed by atoms with Gasteiger partial charge in [-0.25, -0.2) is 0 Å². The van der Waals surface area contributed by atoms with Gasteiger partial charge in [-0.2, -0.15) is 4.98 Å². The van der Waals surface area contributed by atoms with Gasteiger partial charge in [0, 0.05) is 19.3 Å². The number of benzene rings is 1. The van der Waals surface area contributed by atoms with Crippen LogP contribution >= 0.6 is 0 Å². The molecule has 0 saturated carbocycles. The molecule has 9 nitrogen and oxygen atoms in total. The molecule has 1 atom stereocenters. The van der Waals surface area contributed by atoms with E-state index in [0.717, 1.165) is 12.8 Å². The number of rotatable bonds is 6. The Morgan fingerprint density at radius 2 is 2.00 bits per heavy atom. The third-order valence-electron chi connectivity index (χ3n) is 3.68. The van der Waals surface area contributed by atoms with Gasteiger partial charge in [0.2, 0.25) is 17.9 Å². The van der Waals surface area contributed by atoms with Crippen molar-refractivity contribution in [3.63, 3.8) is 0 Å². The second-order valence-electron chi connectivity index (χ2n) is 5.76.